The van der Waals surface area contributed by atoms with Crippen LogP contribution >= 0.6 is 34.4 Å². The first-order valence-corrected chi connectivity index (χ1v) is 12.5. The van der Waals surface area contributed by atoms with Gasteiger partial charge in [0.2, 0.25) is 0 Å². The fourth-order valence-corrected chi connectivity index (χ4v) is 6.98. The predicted molar refractivity (Wildman–Crippen MR) is 127 cm³/mol. The van der Waals surface area contributed by atoms with E-state index in [1.165, 1.54) is 28.0 Å². The van der Waals surface area contributed by atoms with Gasteiger partial charge >= 0.3 is 0 Å². The Hall–Kier alpha value is -2.67. The van der Waals surface area contributed by atoms with E-state index >= 15 is 0 Å². The van der Waals surface area contributed by atoms with Crippen molar-refractivity contribution in [3.63, 3.8) is 0 Å². The van der Waals surface area contributed by atoms with E-state index in [0.717, 1.165) is 39.9 Å². The van der Waals surface area contributed by atoms with Gasteiger partial charge < -0.3 is 10.1 Å². The smallest absolute Gasteiger partial charge is 0.260 e. The lowest BCUT2D eigenvalue weighted by Crippen LogP contribution is -2.13. The third kappa shape index (κ3) is 3.76. The van der Waals surface area contributed by atoms with E-state index in [2.05, 4.69) is 27.9 Å². The SMILES string of the molecule is CC1CCc2c(sc3nc(SC/C(O)=C(\C#N)c4nc5ccccc5s4)[nH]c(=O)c23)C1. The lowest BCUT2D eigenvalue weighted by Gasteiger charge is -2.17. The van der Waals surface area contributed by atoms with Crippen molar-refractivity contribution in [1.29, 1.82) is 5.26 Å². The Labute approximate surface area is 190 Å². The number of fused-ring (bicyclic) bond motifs is 4. The highest BCUT2D eigenvalue weighted by molar-refractivity contribution is 7.99. The molecule has 3 heterocycles. The zero-order valence-corrected chi connectivity index (χ0v) is 19.1. The summed E-state index contributed by atoms with van der Waals surface area (Å²) in [7, 11) is 0. The Bertz CT molecular complexity index is 1410. The van der Waals surface area contributed by atoms with E-state index < -0.39 is 0 Å². The summed E-state index contributed by atoms with van der Waals surface area (Å²) >= 11 is 4.17. The van der Waals surface area contributed by atoms with Crippen LogP contribution in [0.15, 0.2) is 40.0 Å². The summed E-state index contributed by atoms with van der Waals surface area (Å²) in [6, 6.07) is 9.68. The highest BCUT2D eigenvalue weighted by atomic mass is 32.2. The number of para-hydroxylation sites is 1. The summed E-state index contributed by atoms with van der Waals surface area (Å²) in [4.78, 5) is 26.7. The second-order valence-electron chi connectivity index (χ2n) is 7.61. The van der Waals surface area contributed by atoms with Crippen molar-refractivity contribution in [3.8, 4) is 6.07 Å². The highest BCUT2D eigenvalue weighted by Crippen LogP contribution is 2.36. The number of aromatic amines is 1. The average molecular weight is 467 g/mol. The molecule has 0 saturated heterocycles. The summed E-state index contributed by atoms with van der Waals surface area (Å²) < 4.78 is 0.957. The highest BCUT2D eigenvalue weighted by Gasteiger charge is 2.23. The maximum absolute atomic E-state index is 12.7. The molecule has 1 atom stereocenters. The number of hydrogen-bond donors (Lipinski definition) is 2. The number of nitrogens with one attached hydrogen (secondary N) is 1. The van der Waals surface area contributed by atoms with Gasteiger partial charge in [-0.05, 0) is 42.9 Å². The molecule has 0 fully saturated rings. The van der Waals surface area contributed by atoms with Crippen molar-refractivity contribution in [3.05, 3.63) is 55.8 Å². The van der Waals surface area contributed by atoms with E-state index in [1.807, 2.05) is 24.3 Å². The molecule has 1 aliphatic carbocycles. The lowest BCUT2D eigenvalue weighted by molar-refractivity contribution is 0.420. The molecule has 1 aromatic carbocycles. The summed E-state index contributed by atoms with van der Waals surface area (Å²) in [6.07, 6.45) is 3.01. The van der Waals surface area contributed by atoms with E-state index in [0.29, 0.717) is 21.5 Å². The van der Waals surface area contributed by atoms with Gasteiger partial charge in [-0.15, -0.1) is 22.7 Å². The van der Waals surface area contributed by atoms with Gasteiger partial charge in [0.05, 0.1) is 21.4 Å². The number of nitrogens with zero attached hydrogens (tertiary/aromatic N) is 3. The average Bonchev–Trinajstić information content (AvgIpc) is 3.33. The number of allylic oxidation sites excluding steroid dienone is 1. The van der Waals surface area contributed by atoms with Crippen molar-refractivity contribution in [2.24, 2.45) is 5.92 Å². The molecule has 0 saturated carbocycles. The molecule has 9 heteroatoms. The second kappa shape index (κ2) is 8.11. The van der Waals surface area contributed by atoms with Gasteiger partial charge in [0.1, 0.15) is 27.2 Å². The van der Waals surface area contributed by atoms with Gasteiger partial charge in [-0.2, -0.15) is 5.26 Å². The van der Waals surface area contributed by atoms with Crippen LogP contribution in [0.5, 0.6) is 0 Å². The minimum atomic E-state index is -0.130. The Morgan fingerprint density at radius 2 is 2.19 bits per heavy atom. The van der Waals surface area contributed by atoms with Crippen LogP contribution in [0.3, 0.4) is 0 Å². The first kappa shape index (κ1) is 20.2. The van der Waals surface area contributed by atoms with Gasteiger partial charge in [-0.1, -0.05) is 30.8 Å². The number of thioether (sulfide) groups is 1. The summed E-state index contributed by atoms with van der Waals surface area (Å²) in [5.74, 6) is 0.672. The molecular weight excluding hydrogens is 448 g/mol. The van der Waals surface area contributed by atoms with Crippen molar-refractivity contribution < 1.29 is 5.11 Å². The van der Waals surface area contributed by atoms with Gasteiger partial charge in [0, 0.05) is 4.88 Å². The molecule has 156 valence electrons. The number of aryl methyl sites for hydroxylation is 1. The zero-order valence-electron chi connectivity index (χ0n) is 16.6. The first-order chi connectivity index (χ1) is 15.0. The van der Waals surface area contributed by atoms with Gasteiger partial charge in [-0.25, -0.2) is 9.97 Å². The maximum Gasteiger partial charge on any atom is 0.260 e. The number of nitriles is 1. The Morgan fingerprint density at radius 3 is 3.00 bits per heavy atom. The number of rotatable bonds is 4. The molecule has 2 N–H and O–H groups in total. The van der Waals surface area contributed by atoms with Crippen molar-refractivity contribution in [2.75, 3.05) is 5.75 Å². The normalized spacial score (nSPS) is 16.8. The molecule has 0 aliphatic heterocycles. The summed E-state index contributed by atoms with van der Waals surface area (Å²) in [5.41, 5.74) is 1.96. The predicted octanol–water partition coefficient (Wildman–Crippen LogP) is 5.30. The molecular formula is C22H18N4O2S3. The Morgan fingerprint density at radius 1 is 1.35 bits per heavy atom. The number of hydrogen-bond acceptors (Lipinski definition) is 8. The monoisotopic (exact) mass is 466 g/mol. The van der Waals surface area contributed by atoms with Crippen molar-refractivity contribution in [1.82, 2.24) is 15.0 Å². The van der Waals surface area contributed by atoms with Crippen LogP contribution in [0.2, 0.25) is 0 Å². The zero-order chi connectivity index (χ0) is 21.5. The fourth-order valence-electron chi connectivity index (χ4n) is 3.82. The number of aliphatic hydroxyl groups excluding tert-OH is 1. The summed E-state index contributed by atoms with van der Waals surface area (Å²) in [6.45, 7) is 2.24. The van der Waals surface area contributed by atoms with Crippen LogP contribution in [-0.4, -0.2) is 25.8 Å². The third-order valence-electron chi connectivity index (χ3n) is 5.40. The molecule has 0 amide bonds. The number of aromatic nitrogens is 3. The second-order valence-corrected chi connectivity index (χ2v) is 10.7. The van der Waals surface area contributed by atoms with Crippen molar-refractivity contribution >= 4 is 60.4 Å². The standard InChI is InChI=1S/C22H18N4O2S3/c1-11-6-7-12-17(8-11)31-21-18(12)19(28)25-22(26-21)29-10-15(27)13(9-23)20-24-14-4-2-3-5-16(14)30-20/h2-5,11,27H,6-8,10H2,1H3,(H,25,26,28)/b15-13-. The minimum absolute atomic E-state index is 0.0754. The Kier molecular flexibility index (Phi) is 5.30. The quantitative estimate of drug-likeness (QED) is 0.183. The molecule has 1 aliphatic rings. The largest absolute Gasteiger partial charge is 0.510 e. The van der Waals surface area contributed by atoms with E-state index in [9.17, 15) is 15.2 Å². The maximum atomic E-state index is 12.7. The third-order valence-corrected chi connectivity index (χ3v) is 8.48. The van der Waals surface area contributed by atoms with Crippen LogP contribution in [-0.2, 0) is 12.8 Å². The molecule has 5 rings (SSSR count). The lowest BCUT2D eigenvalue weighted by atomic mass is 9.89. The van der Waals surface area contributed by atoms with Crippen LogP contribution in [0.4, 0.5) is 0 Å². The van der Waals surface area contributed by atoms with Crippen molar-refractivity contribution in [2.45, 2.75) is 31.3 Å². The molecule has 1 unspecified atom stereocenters. The molecule has 0 bridgehead atoms. The number of H-pyrrole nitrogens is 1. The van der Waals surface area contributed by atoms with E-state index in [1.54, 1.807) is 11.3 Å². The van der Waals surface area contributed by atoms with Crippen LogP contribution < -0.4 is 5.56 Å². The number of benzene rings is 1. The van der Waals surface area contributed by atoms with Crippen LogP contribution in [0.1, 0.15) is 28.8 Å². The van der Waals surface area contributed by atoms with Crippen LogP contribution in [0.25, 0.3) is 26.0 Å². The molecule has 31 heavy (non-hydrogen) atoms. The number of thiophene rings is 1. The molecule has 4 aromatic rings. The first-order valence-electron chi connectivity index (χ1n) is 9.89. The number of aliphatic hydroxyl groups is 1. The van der Waals surface area contributed by atoms with Gasteiger partial charge in [-0.3, -0.25) is 4.79 Å². The number of thiazole rings is 1. The fraction of sp³-hybridized carbons (Fsp3) is 0.273. The Balaban J connectivity index is 1.43. The van der Waals surface area contributed by atoms with E-state index in [-0.39, 0.29) is 22.6 Å². The molecule has 0 spiro atoms. The minimum Gasteiger partial charge on any atom is -0.510 e. The molecule has 0 radical (unpaired) electrons. The summed E-state index contributed by atoms with van der Waals surface area (Å²) in [5, 5.41) is 21.8. The molecule has 3 aromatic heterocycles. The molecule has 6 nitrogen and oxygen atoms in total. The van der Waals surface area contributed by atoms with E-state index in [4.69, 9.17) is 0 Å². The van der Waals surface area contributed by atoms with Gasteiger partial charge in [0.15, 0.2) is 5.16 Å². The topological polar surface area (TPSA) is 103 Å². The van der Waals surface area contributed by atoms with Crippen LogP contribution in [0, 0.1) is 17.2 Å². The van der Waals surface area contributed by atoms with Gasteiger partial charge in [0.25, 0.3) is 5.56 Å².